The van der Waals surface area contributed by atoms with Crippen LogP contribution in [0.2, 0.25) is 0 Å². The summed E-state index contributed by atoms with van der Waals surface area (Å²) in [7, 11) is -2.10. The van der Waals surface area contributed by atoms with E-state index in [0.29, 0.717) is 6.61 Å². The third kappa shape index (κ3) is 10.9. The molecule has 0 spiro atoms. The summed E-state index contributed by atoms with van der Waals surface area (Å²) >= 11 is 0. The van der Waals surface area contributed by atoms with Crippen LogP contribution in [0, 0.1) is 0 Å². The van der Waals surface area contributed by atoms with Crippen LogP contribution < -0.4 is 0 Å². The second-order valence-corrected chi connectivity index (χ2v) is 1.43. The predicted molar refractivity (Wildman–Crippen MR) is 23.0 cm³/mol. The van der Waals surface area contributed by atoms with Crippen LogP contribution in [-0.2, 0) is 21.6 Å². The van der Waals surface area contributed by atoms with Crippen molar-refractivity contribution in [2.45, 2.75) is 6.92 Å². The SMILES string of the molecule is CCOP(O)O.[Fe]. The second-order valence-electron chi connectivity index (χ2n) is 0.671. The van der Waals surface area contributed by atoms with E-state index in [2.05, 4.69) is 4.52 Å². The molecule has 0 heterocycles. The quantitative estimate of drug-likeness (QED) is 0.456. The molecular formula is C2H7FeO3P. The van der Waals surface area contributed by atoms with Crippen LogP contribution in [0.1, 0.15) is 6.92 Å². The molecule has 0 atom stereocenters. The third-order valence-electron chi connectivity index (χ3n) is 0.245. The van der Waals surface area contributed by atoms with Gasteiger partial charge in [0.05, 0.1) is 6.61 Å². The first-order chi connectivity index (χ1) is 2.77. The van der Waals surface area contributed by atoms with Crippen LogP contribution >= 0.6 is 8.60 Å². The molecule has 0 rings (SSSR count). The van der Waals surface area contributed by atoms with Crippen LogP contribution in [0.4, 0.5) is 0 Å². The van der Waals surface area contributed by atoms with Gasteiger partial charge in [-0.3, -0.25) is 0 Å². The zero-order valence-electron chi connectivity index (χ0n) is 3.81. The summed E-state index contributed by atoms with van der Waals surface area (Å²) in [5.41, 5.74) is 0. The molecule has 0 bridgehead atoms. The summed E-state index contributed by atoms with van der Waals surface area (Å²) in [6, 6.07) is 0. The van der Waals surface area contributed by atoms with Crippen molar-refractivity contribution in [1.82, 2.24) is 0 Å². The van der Waals surface area contributed by atoms with Gasteiger partial charge in [0.1, 0.15) is 0 Å². The molecule has 3 nitrogen and oxygen atoms in total. The van der Waals surface area contributed by atoms with Crippen molar-refractivity contribution >= 4 is 8.60 Å². The van der Waals surface area contributed by atoms with Crippen LogP contribution in [0.5, 0.6) is 0 Å². The Balaban J connectivity index is 0. The van der Waals surface area contributed by atoms with Gasteiger partial charge in [0.15, 0.2) is 0 Å². The van der Waals surface area contributed by atoms with Gasteiger partial charge in [-0.2, -0.15) is 0 Å². The fourth-order valence-corrected chi connectivity index (χ4v) is 0.346. The number of rotatable bonds is 2. The van der Waals surface area contributed by atoms with Gasteiger partial charge in [-0.15, -0.1) is 0 Å². The van der Waals surface area contributed by atoms with Crippen molar-refractivity contribution in [1.29, 1.82) is 0 Å². The molecule has 0 radical (unpaired) electrons. The van der Waals surface area contributed by atoms with Gasteiger partial charge >= 0.3 is 8.60 Å². The smallest absolute Gasteiger partial charge is 0.327 e. The molecule has 0 saturated heterocycles. The first kappa shape index (κ1) is 10.7. The van der Waals surface area contributed by atoms with Gasteiger partial charge in [-0.05, 0) is 6.92 Å². The average Bonchev–Trinajstić information content (AvgIpc) is 1.35. The van der Waals surface area contributed by atoms with Crippen molar-refractivity contribution in [2.24, 2.45) is 0 Å². The van der Waals surface area contributed by atoms with Crippen LogP contribution in [0.15, 0.2) is 0 Å². The van der Waals surface area contributed by atoms with E-state index in [1.54, 1.807) is 6.92 Å². The van der Waals surface area contributed by atoms with Gasteiger partial charge in [0, 0.05) is 17.1 Å². The molecular weight excluding hydrogens is 159 g/mol. The minimum absolute atomic E-state index is 0. The summed E-state index contributed by atoms with van der Waals surface area (Å²) in [6.45, 7) is 2.06. The van der Waals surface area contributed by atoms with Crippen LogP contribution in [0.25, 0.3) is 0 Å². The molecule has 0 aliphatic rings. The molecule has 0 amide bonds. The molecule has 0 saturated carbocycles. The predicted octanol–water partition coefficient (Wildman–Crippen LogP) is 0.232. The van der Waals surface area contributed by atoms with E-state index in [9.17, 15) is 0 Å². The molecule has 7 heavy (non-hydrogen) atoms. The van der Waals surface area contributed by atoms with Crippen LogP contribution in [0.3, 0.4) is 0 Å². The molecule has 0 aromatic rings. The van der Waals surface area contributed by atoms with Gasteiger partial charge in [-0.25, -0.2) is 0 Å². The minimum Gasteiger partial charge on any atom is -0.328 e. The molecule has 46 valence electrons. The molecule has 0 aromatic carbocycles. The first-order valence-electron chi connectivity index (χ1n) is 1.58. The number of hydrogen-bond acceptors (Lipinski definition) is 3. The zero-order chi connectivity index (χ0) is 4.99. The van der Waals surface area contributed by atoms with Crippen molar-refractivity contribution in [3.05, 3.63) is 0 Å². The van der Waals surface area contributed by atoms with Crippen LogP contribution in [-0.4, -0.2) is 16.4 Å². The summed E-state index contributed by atoms with van der Waals surface area (Å²) in [5, 5.41) is 0. The van der Waals surface area contributed by atoms with E-state index in [-0.39, 0.29) is 17.1 Å². The Hall–Kier alpha value is 0.829. The molecule has 0 aliphatic heterocycles. The Bertz CT molecular complexity index is 34.1. The van der Waals surface area contributed by atoms with E-state index >= 15 is 0 Å². The van der Waals surface area contributed by atoms with Gasteiger partial charge < -0.3 is 14.3 Å². The maximum Gasteiger partial charge on any atom is 0.327 e. The topological polar surface area (TPSA) is 49.7 Å². The maximum atomic E-state index is 7.95. The van der Waals surface area contributed by atoms with E-state index in [1.165, 1.54) is 0 Å². The van der Waals surface area contributed by atoms with Crippen molar-refractivity contribution in [2.75, 3.05) is 6.61 Å². The molecule has 0 aliphatic carbocycles. The fraction of sp³-hybridized carbons (Fsp3) is 1.00. The summed E-state index contributed by atoms with van der Waals surface area (Å²) in [4.78, 5) is 15.9. The molecule has 0 fully saturated rings. The van der Waals surface area contributed by atoms with Crippen molar-refractivity contribution in [3.63, 3.8) is 0 Å². The van der Waals surface area contributed by atoms with E-state index in [0.717, 1.165) is 0 Å². The molecule has 0 unspecified atom stereocenters. The average molecular weight is 166 g/mol. The molecule has 5 heteroatoms. The second kappa shape index (κ2) is 6.83. The summed E-state index contributed by atoms with van der Waals surface area (Å²) in [6.07, 6.45) is 0. The summed E-state index contributed by atoms with van der Waals surface area (Å²) in [5.74, 6) is 0. The Morgan fingerprint density at radius 2 is 2.00 bits per heavy atom. The minimum atomic E-state index is -2.10. The normalized spacial score (nSPS) is 8.57. The zero-order valence-corrected chi connectivity index (χ0v) is 5.81. The monoisotopic (exact) mass is 166 g/mol. The van der Waals surface area contributed by atoms with Gasteiger partial charge in [-0.1, -0.05) is 0 Å². The Morgan fingerprint density at radius 3 is 2.00 bits per heavy atom. The van der Waals surface area contributed by atoms with Gasteiger partial charge in [0.2, 0.25) is 0 Å². The maximum absolute atomic E-state index is 7.95. The Labute approximate surface area is 54.2 Å². The summed E-state index contributed by atoms with van der Waals surface area (Å²) < 4.78 is 4.22. The van der Waals surface area contributed by atoms with E-state index < -0.39 is 8.60 Å². The molecule has 2 N–H and O–H groups in total. The van der Waals surface area contributed by atoms with Crippen molar-refractivity contribution in [3.8, 4) is 0 Å². The van der Waals surface area contributed by atoms with Crippen molar-refractivity contribution < 1.29 is 31.4 Å². The van der Waals surface area contributed by atoms with Gasteiger partial charge in [0.25, 0.3) is 0 Å². The third-order valence-corrected chi connectivity index (χ3v) is 0.734. The van der Waals surface area contributed by atoms with E-state index in [1.807, 2.05) is 0 Å². The largest absolute Gasteiger partial charge is 0.328 e. The fourth-order valence-electron chi connectivity index (χ4n) is 0.115. The van der Waals surface area contributed by atoms with E-state index in [4.69, 9.17) is 9.79 Å². The standard InChI is InChI=1S/C2H7O3P.Fe/c1-2-5-6(3)4;/h3-4H,2H2,1H3;. The first-order valence-corrected chi connectivity index (χ1v) is 2.74. The Morgan fingerprint density at radius 1 is 1.57 bits per heavy atom. The molecule has 0 aromatic heterocycles. The number of hydrogen-bond donors (Lipinski definition) is 2. The Kier molecular flexibility index (Phi) is 10.5.